The van der Waals surface area contributed by atoms with Gasteiger partial charge in [-0.1, -0.05) is 24.6 Å². The van der Waals surface area contributed by atoms with Crippen molar-refractivity contribution in [2.45, 2.75) is 25.7 Å². The van der Waals surface area contributed by atoms with Gasteiger partial charge in [0.25, 0.3) is 0 Å². The number of benzene rings is 1. The molecule has 0 radical (unpaired) electrons. The molecular formula is C16H17NO3. The van der Waals surface area contributed by atoms with Crippen molar-refractivity contribution in [1.29, 1.82) is 0 Å². The van der Waals surface area contributed by atoms with Crippen LogP contribution in [0.25, 0.3) is 11.0 Å². The maximum absolute atomic E-state index is 12.3. The number of fused-ring (bicyclic) bond motifs is 1. The van der Waals surface area contributed by atoms with Gasteiger partial charge in [-0.15, -0.1) is 0 Å². The lowest BCUT2D eigenvalue weighted by atomic mass is 10.2. The Balaban J connectivity index is 1.76. The van der Waals surface area contributed by atoms with E-state index in [2.05, 4.69) is 0 Å². The van der Waals surface area contributed by atoms with Crippen LogP contribution < -0.4 is 0 Å². The third-order valence-electron chi connectivity index (χ3n) is 3.71. The molecule has 0 N–H and O–H groups in total. The van der Waals surface area contributed by atoms with Crippen LogP contribution in [0, 0.1) is 0 Å². The van der Waals surface area contributed by atoms with Gasteiger partial charge < -0.3 is 9.32 Å². The van der Waals surface area contributed by atoms with Gasteiger partial charge in [0.05, 0.1) is 6.54 Å². The van der Waals surface area contributed by atoms with E-state index < -0.39 is 0 Å². The van der Waals surface area contributed by atoms with Gasteiger partial charge in [0.1, 0.15) is 5.58 Å². The summed E-state index contributed by atoms with van der Waals surface area (Å²) in [5, 5.41) is 0.915. The lowest BCUT2D eigenvalue weighted by molar-refractivity contribution is -0.130. The van der Waals surface area contributed by atoms with Crippen LogP contribution in [0.1, 0.15) is 36.2 Å². The van der Waals surface area contributed by atoms with Crippen molar-refractivity contribution in [3.05, 3.63) is 36.1 Å². The lowest BCUT2D eigenvalue weighted by Crippen LogP contribution is -2.35. The fraction of sp³-hybridized carbons (Fsp3) is 0.375. The summed E-state index contributed by atoms with van der Waals surface area (Å²) >= 11 is 0. The highest BCUT2D eigenvalue weighted by Gasteiger charge is 2.21. The summed E-state index contributed by atoms with van der Waals surface area (Å²) in [5.74, 6) is 0.284. The Bertz CT molecular complexity index is 611. The summed E-state index contributed by atoms with van der Waals surface area (Å²) in [4.78, 5) is 25.8. The second-order valence-corrected chi connectivity index (χ2v) is 5.20. The summed E-state index contributed by atoms with van der Waals surface area (Å²) in [6.45, 7) is 0.795. The van der Waals surface area contributed by atoms with E-state index in [0.717, 1.165) is 24.6 Å². The average Bonchev–Trinajstić information content (AvgIpc) is 2.79. The van der Waals surface area contributed by atoms with Crippen LogP contribution in [0.5, 0.6) is 0 Å². The first kappa shape index (κ1) is 12.9. The van der Waals surface area contributed by atoms with Crippen molar-refractivity contribution in [2.24, 2.45) is 0 Å². The van der Waals surface area contributed by atoms with Gasteiger partial charge in [-0.2, -0.15) is 0 Å². The maximum Gasteiger partial charge on any atom is 0.222 e. The molecule has 2 aromatic rings. The van der Waals surface area contributed by atoms with Crippen LogP contribution in [0.15, 0.2) is 34.7 Å². The van der Waals surface area contributed by atoms with Gasteiger partial charge in [0.15, 0.2) is 5.76 Å². The topological polar surface area (TPSA) is 50.5 Å². The number of carbonyl (C=O) groups excluding carboxylic acids is 2. The molecule has 0 saturated carbocycles. The van der Waals surface area contributed by atoms with Crippen molar-refractivity contribution < 1.29 is 14.0 Å². The van der Waals surface area contributed by atoms with Crippen LogP contribution in [0.4, 0.5) is 0 Å². The van der Waals surface area contributed by atoms with Gasteiger partial charge in [-0.05, 0) is 25.0 Å². The average molecular weight is 271 g/mol. The number of likely N-dealkylation sites (tertiary alicyclic amines) is 1. The van der Waals surface area contributed by atoms with Gasteiger partial charge in [-0.25, -0.2) is 0 Å². The molecule has 2 heterocycles. The molecule has 0 unspecified atom stereocenters. The largest absolute Gasteiger partial charge is 0.453 e. The molecule has 3 rings (SSSR count). The van der Waals surface area contributed by atoms with E-state index in [1.807, 2.05) is 24.3 Å². The van der Waals surface area contributed by atoms with Crippen molar-refractivity contribution in [3.8, 4) is 0 Å². The molecule has 104 valence electrons. The molecule has 1 amide bonds. The molecule has 0 bridgehead atoms. The van der Waals surface area contributed by atoms with Gasteiger partial charge >= 0.3 is 0 Å². The van der Waals surface area contributed by atoms with Crippen LogP contribution >= 0.6 is 0 Å². The number of hydrogen-bond acceptors (Lipinski definition) is 3. The quantitative estimate of drug-likeness (QED) is 0.806. The van der Waals surface area contributed by atoms with Crippen LogP contribution in [-0.2, 0) is 4.79 Å². The van der Waals surface area contributed by atoms with E-state index in [1.54, 1.807) is 11.0 Å². The van der Waals surface area contributed by atoms with Crippen LogP contribution in [0.3, 0.4) is 0 Å². The predicted molar refractivity (Wildman–Crippen MR) is 75.6 cm³/mol. The van der Waals surface area contributed by atoms with Gasteiger partial charge in [0.2, 0.25) is 11.7 Å². The summed E-state index contributed by atoms with van der Waals surface area (Å²) in [5.41, 5.74) is 0.707. The Morgan fingerprint density at radius 2 is 2.05 bits per heavy atom. The number of nitrogens with zero attached hydrogens (tertiary/aromatic N) is 1. The normalized spacial score (nSPS) is 16.4. The Kier molecular flexibility index (Phi) is 3.54. The Labute approximate surface area is 117 Å². The molecule has 1 saturated heterocycles. The van der Waals surface area contributed by atoms with E-state index in [-0.39, 0.29) is 18.2 Å². The molecule has 0 spiro atoms. The zero-order valence-electron chi connectivity index (χ0n) is 11.3. The highest BCUT2D eigenvalue weighted by Crippen LogP contribution is 2.20. The summed E-state index contributed by atoms with van der Waals surface area (Å²) in [6.07, 6.45) is 3.50. The highest BCUT2D eigenvalue weighted by molar-refractivity contribution is 6.00. The van der Waals surface area contributed by atoms with E-state index >= 15 is 0 Å². The first-order chi connectivity index (χ1) is 9.74. The van der Waals surface area contributed by atoms with Gasteiger partial charge in [0, 0.05) is 18.4 Å². The molecule has 1 aliphatic heterocycles. The van der Waals surface area contributed by atoms with Crippen molar-refractivity contribution >= 4 is 22.7 Å². The minimum Gasteiger partial charge on any atom is -0.453 e. The Morgan fingerprint density at radius 3 is 2.90 bits per heavy atom. The predicted octanol–water partition coefficient (Wildman–Crippen LogP) is 3.02. The third kappa shape index (κ3) is 2.59. The van der Waals surface area contributed by atoms with Crippen molar-refractivity contribution in [3.63, 3.8) is 0 Å². The number of hydrogen-bond donors (Lipinski definition) is 0. The Hall–Kier alpha value is -2.10. The fourth-order valence-corrected chi connectivity index (χ4v) is 2.58. The van der Waals surface area contributed by atoms with Crippen LogP contribution in [-0.4, -0.2) is 29.7 Å². The summed E-state index contributed by atoms with van der Waals surface area (Å²) in [7, 11) is 0. The number of para-hydroxylation sites is 1. The van der Waals surface area contributed by atoms with E-state index in [0.29, 0.717) is 24.3 Å². The zero-order chi connectivity index (χ0) is 13.9. The number of Topliss-reactive ketones (excluding diaryl/α,β-unsaturated/α-hetero) is 1. The minimum atomic E-state index is -0.128. The number of rotatable bonds is 3. The molecule has 1 aromatic heterocycles. The smallest absolute Gasteiger partial charge is 0.222 e. The maximum atomic E-state index is 12.3. The minimum absolute atomic E-state index is 0.0759. The number of carbonyl (C=O) groups is 2. The second kappa shape index (κ2) is 5.49. The molecule has 1 aliphatic rings. The fourth-order valence-electron chi connectivity index (χ4n) is 2.58. The summed E-state index contributed by atoms with van der Waals surface area (Å²) in [6, 6.07) is 9.28. The Morgan fingerprint density at radius 1 is 1.20 bits per heavy atom. The number of furan rings is 1. The zero-order valence-corrected chi connectivity index (χ0v) is 11.3. The first-order valence-electron chi connectivity index (χ1n) is 7.03. The molecule has 4 heteroatoms. The van der Waals surface area contributed by atoms with Crippen molar-refractivity contribution in [1.82, 2.24) is 4.90 Å². The summed E-state index contributed by atoms with van der Waals surface area (Å²) < 4.78 is 5.55. The molecule has 20 heavy (non-hydrogen) atoms. The highest BCUT2D eigenvalue weighted by atomic mass is 16.3. The molecule has 1 aromatic carbocycles. The molecule has 4 nitrogen and oxygen atoms in total. The van der Waals surface area contributed by atoms with Crippen LogP contribution in [0.2, 0.25) is 0 Å². The van der Waals surface area contributed by atoms with E-state index in [4.69, 9.17) is 4.42 Å². The third-order valence-corrected chi connectivity index (χ3v) is 3.71. The second-order valence-electron chi connectivity index (χ2n) is 5.20. The standard InChI is InChI=1S/C16H17NO3/c18-13(11-17-9-5-1-2-8-16(17)19)15-10-12-6-3-4-7-14(12)20-15/h3-4,6-7,10H,1-2,5,8-9,11H2. The molecule has 0 atom stereocenters. The molecular weight excluding hydrogens is 254 g/mol. The van der Waals surface area contributed by atoms with Gasteiger partial charge in [-0.3, -0.25) is 9.59 Å². The lowest BCUT2D eigenvalue weighted by Gasteiger charge is -2.18. The number of amides is 1. The SMILES string of the molecule is O=C(CN1CCCCCC1=O)c1cc2ccccc2o1. The monoisotopic (exact) mass is 271 g/mol. The van der Waals surface area contributed by atoms with Crippen molar-refractivity contribution in [2.75, 3.05) is 13.1 Å². The number of ketones is 1. The molecule has 1 fully saturated rings. The first-order valence-corrected chi connectivity index (χ1v) is 7.03. The molecule has 0 aliphatic carbocycles. The van der Waals surface area contributed by atoms with E-state index in [9.17, 15) is 9.59 Å². The van der Waals surface area contributed by atoms with E-state index in [1.165, 1.54) is 0 Å².